The van der Waals surface area contributed by atoms with Gasteiger partial charge in [0.25, 0.3) is 0 Å². The van der Waals surface area contributed by atoms with Crippen LogP contribution >= 0.6 is 11.6 Å². The number of urea groups is 1. The average Bonchev–Trinajstić information content (AvgIpc) is 2.71. The number of halogens is 1. The van der Waals surface area contributed by atoms with Gasteiger partial charge in [-0.3, -0.25) is 0 Å². The van der Waals surface area contributed by atoms with Crippen LogP contribution in [0.4, 0.5) is 10.5 Å². The monoisotopic (exact) mass is 433 g/mol. The Kier molecular flexibility index (Phi) is 7.55. The van der Waals surface area contributed by atoms with Crippen LogP contribution in [0.25, 0.3) is 0 Å². The molecule has 1 heterocycles. The summed E-state index contributed by atoms with van der Waals surface area (Å²) in [4.78, 5) is 13.0. The summed E-state index contributed by atoms with van der Waals surface area (Å²) in [6, 6.07) is 13.7. The SMILES string of the molecule is NC(=O)Nc1ccc(OCC(O)CN2CCC(O)(Cc3ccc(Cl)cc3)CC2)cc1. The number of carbonyl (C=O) groups excluding carboxylic acids is 1. The standard InChI is InChI=1S/C22H28ClN3O4/c23-17-3-1-16(2-4-17)13-22(29)9-11-26(12-10-22)14-19(27)15-30-20-7-5-18(6-8-20)25-21(24)28/h1-8,19,27,29H,9-15H2,(H3,24,25,28). The van der Waals surface area contributed by atoms with Crippen molar-refractivity contribution in [3.63, 3.8) is 0 Å². The molecule has 162 valence electrons. The maximum Gasteiger partial charge on any atom is 0.316 e. The minimum absolute atomic E-state index is 0.161. The van der Waals surface area contributed by atoms with Crippen LogP contribution in [0, 0.1) is 0 Å². The minimum atomic E-state index is -0.730. The fraction of sp³-hybridized carbons (Fsp3) is 0.409. The molecule has 1 unspecified atom stereocenters. The predicted molar refractivity (Wildman–Crippen MR) is 117 cm³/mol. The highest BCUT2D eigenvalue weighted by atomic mass is 35.5. The molecule has 1 aliphatic heterocycles. The molecule has 2 amide bonds. The highest BCUT2D eigenvalue weighted by Gasteiger charge is 2.32. The van der Waals surface area contributed by atoms with E-state index in [9.17, 15) is 15.0 Å². The second kappa shape index (κ2) is 10.1. The number of rotatable bonds is 8. The van der Waals surface area contributed by atoms with Gasteiger partial charge in [0.1, 0.15) is 18.5 Å². The number of likely N-dealkylation sites (tertiary alicyclic amines) is 1. The van der Waals surface area contributed by atoms with Gasteiger partial charge in [0, 0.05) is 36.8 Å². The van der Waals surface area contributed by atoms with Crippen LogP contribution in [0.3, 0.4) is 0 Å². The molecule has 0 spiro atoms. The maximum absolute atomic E-state index is 10.9. The fourth-order valence-corrected chi connectivity index (χ4v) is 3.76. The summed E-state index contributed by atoms with van der Waals surface area (Å²) in [5.74, 6) is 0.597. The lowest BCUT2D eigenvalue weighted by Gasteiger charge is -2.39. The number of ether oxygens (including phenoxy) is 1. The Morgan fingerprint density at radius 3 is 2.40 bits per heavy atom. The van der Waals surface area contributed by atoms with Crippen LogP contribution in [-0.4, -0.2) is 59.1 Å². The predicted octanol–water partition coefficient (Wildman–Crippen LogP) is 2.64. The van der Waals surface area contributed by atoms with Gasteiger partial charge in [0.05, 0.1) is 5.60 Å². The van der Waals surface area contributed by atoms with E-state index in [1.807, 2.05) is 24.3 Å². The van der Waals surface area contributed by atoms with E-state index in [1.54, 1.807) is 24.3 Å². The van der Waals surface area contributed by atoms with Crippen molar-refractivity contribution in [1.29, 1.82) is 0 Å². The van der Waals surface area contributed by atoms with Gasteiger partial charge in [-0.1, -0.05) is 23.7 Å². The summed E-state index contributed by atoms with van der Waals surface area (Å²) >= 11 is 5.92. The van der Waals surface area contributed by atoms with E-state index in [0.29, 0.717) is 55.4 Å². The first-order valence-electron chi connectivity index (χ1n) is 9.98. The van der Waals surface area contributed by atoms with E-state index < -0.39 is 17.7 Å². The van der Waals surface area contributed by atoms with Crippen LogP contribution in [0.15, 0.2) is 48.5 Å². The first kappa shape index (κ1) is 22.4. The van der Waals surface area contributed by atoms with Crippen LogP contribution in [0.5, 0.6) is 5.75 Å². The third-order valence-corrected chi connectivity index (χ3v) is 5.52. The first-order valence-corrected chi connectivity index (χ1v) is 10.4. The van der Waals surface area contributed by atoms with Gasteiger partial charge >= 0.3 is 6.03 Å². The highest BCUT2D eigenvalue weighted by molar-refractivity contribution is 6.30. The molecule has 5 N–H and O–H groups in total. The summed E-state index contributed by atoms with van der Waals surface area (Å²) in [6.07, 6.45) is 1.26. The summed E-state index contributed by atoms with van der Waals surface area (Å²) < 4.78 is 5.62. The summed E-state index contributed by atoms with van der Waals surface area (Å²) in [5, 5.41) is 24.4. The number of piperidine rings is 1. The molecule has 0 aliphatic carbocycles. The number of hydrogen-bond acceptors (Lipinski definition) is 5. The lowest BCUT2D eigenvalue weighted by molar-refractivity contribution is -0.0325. The molecule has 1 aliphatic rings. The Labute approximate surface area is 181 Å². The summed E-state index contributed by atoms with van der Waals surface area (Å²) in [7, 11) is 0. The van der Waals surface area contributed by atoms with Gasteiger partial charge in [0.15, 0.2) is 0 Å². The van der Waals surface area contributed by atoms with Crippen molar-refractivity contribution in [3.8, 4) is 5.75 Å². The molecule has 1 fully saturated rings. The van der Waals surface area contributed by atoms with Crippen molar-refractivity contribution in [3.05, 3.63) is 59.1 Å². The molecule has 8 heteroatoms. The van der Waals surface area contributed by atoms with Crippen LogP contribution in [0.1, 0.15) is 18.4 Å². The zero-order valence-electron chi connectivity index (χ0n) is 16.8. The summed E-state index contributed by atoms with van der Waals surface area (Å²) in [5.41, 5.74) is 5.99. The van der Waals surface area contributed by atoms with Gasteiger partial charge in [-0.25, -0.2) is 4.79 Å². The molecule has 2 aromatic carbocycles. The number of hydrogen-bond donors (Lipinski definition) is 4. The van der Waals surface area contributed by atoms with Gasteiger partial charge in [0.2, 0.25) is 0 Å². The smallest absolute Gasteiger partial charge is 0.316 e. The molecule has 0 saturated carbocycles. The highest BCUT2D eigenvalue weighted by Crippen LogP contribution is 2.27. The largest absolute Gasteiger partial charge is 0.491 e. The number of nitrogens with two attached hydrogens (primary N) is 1. The van der Waals surface area contributed by atoms with Gasteiger partial charge in [-0.05, 0) is 54.8 Å². The molecule has 0 aromatic heterocycles. The van der Waals surface area contributed by atoms with Crippen molar-refractivity contribution >= 4 is 23.3 Å². The number of benzene rings is 2. The minimum Gasteiger partial charge on any atom is -0.491 e. The van der Waals surface area contributed by atoms with E-state index in [1.165, 1.54) is 0 Å². The third-order valence-electron chi connectivity index (χ3n) is 5.27. The molecule has 1 saturated heterocycles. The number of aliphatic hydroxyl groups is 2. The normalized spacial score (nSPS) is 17.3. The van der Waals surface area contributed by atoms with E-state index in [4.69, 9.17) is 22.1 Å². The van der Waals surface area contributed by atoms with Crippen LogP contribution in [-0.2, 0) is 6.42 Å². The van der Waals surface area contributed by atoms with Gasteiger partial charge < -0.3 is 30.9 Å². The second-order valence-electron chi connectivity index (χ2n) is 7.81. The molecule has 2 aromatic rings. The van der Waals surface area contributed by atoms with E-state index in [-0.39, 0.29) is 6.61 Å². The molecular weight excluding hydrogens is 406 g/mol. The van der Waals surface area contributed by atoms with Gasteiger partial charge in [-0.2, -0.15) is 0 Å². The number of nitrogens with zero attached hydrogens (tertiary/aromatic N) is 1. The molecule has 7 nitrogen and oxygen atoms in total. The third kappa shape index (κ3) is 6.88. The van der Waals surface area contributed by atoms with Crippen molar-refractivity contribution < 1.29 is 19.7 Å². The molecule has 0 radical (unpaired) electrons. The number of anilines is 1. The van der Waals surface area contributed by atoms with Crippen LogP contribution in [0.2, 0.25) is 5.02 Å². The molecule has 1 atom stereocenters. The number of carbonyl (C=O) groups is 1. The lowest BCUT2D eigenvalue weighted by atomic mass is 9.85. The first-order chi connectivity index (χ1) is 14.3. The zero-order valence-corrected chi connectivity index (χ0v) is 17.5. The summed E-state index contributed by atoms with van der Waals surface area (Å²) in [6.45, 7) is 2.08. The number of nitrogens with one attached hydrogen (secondary N) is 1. The topological polar surface area (TPSA) is 108 Å². The fourth-order valence-electron chi connectivity index (χ4n) is 3.63. The molecule has 30 heavy (non-hydrogen) atoms. The Morgan fingerprint density at radius 2 is 1.80 bits per heavy atom. The van der Waals surface area contributed by atoms with E-state index in [0.717, 1.165) is 5.56 Å². The Balaban J connectivity index is 1.39. The number of primary amides is 1. The quantitative estimate of drug-likeness (QED) is 0.512. The Morgan fingerprint density at radius 1 is 1.17 bits per heavy atom. The zero-order chi connectivity index (χ0) is 21.6. The molecule has 3 rings (SSSR count). The molecule has 0 bridgehead atoms. The Bertz CT molecular complexity index is 821. The maximum atomic E-state index is 10.9. The van der Waals surface area contributed by atoms with Gasteiger partial charge in [-0.15, -0.1) is 0 Å². The number of amides is 2. The number of aliphatic hydroxyl groups excluding tert-OH is 1. The average molecular weight is 434 g/mol. The number of β-amino-alcohol motifs (C(OH)–C–C–N with tert-alkyl or cyclic N) is 1. The molecular formula is C22H28ClN3O4. The van der Waals surface area contributed by atoms with Crippen molar-refractivity contribution in [2.45, 2.75) is 31.0 Å². The van der Waals surface area contributed by atoms with Crippen molar-refractivity contribution in [2.24, 2.45) is 5.73 Å². The second-order valence-corrected chi connectivity index (χ2v) is 8.24. The van der Waals surface area contributed by atoms with E-state index >= 15 is 0 Å². The Hall–Kier alpha value is -2.32. The van der Waals surface area contributed by atoms with Crippen molar-refractivity contribution in [1.82, 2.24) is 4.90 Å². The lowest BCUT2D eigenvalue weighted by Crippen LogP contribution is -2.48. The van der Waals surface area contributed by atoms with Crippen LogP contribution < -0.4 is 15.8 Å². The van der Waals surface area contributed by atoms with E-state index in [2.05, 4.69) is 10.2 Å². The van der Waals surface area contributed by atoms with Crippen molar-refractivity contribution in [2.75, 3.05) is 31.6 Å².